The van der Waals surface area contributed by atoms with Gasteiger partial charge in [0, 0.05) is 14.2 Å². The molecule has 0 aromatic rings. The monoisotopic (exact) mass is 214 g/mol. The SMILES string of the molecule is COCCN=C(N)C1(OC)CCCCC1. The zero-order valence-corrected chi connectivity index (χ0v) is 9.79. The van der Waals surface area contributed by atoms with E-state index in [2.05, 4.69) is 4.99 Å². The van der Waals surface area contributed by atoms with Crippen LogP contribution in [0.4, 0.5) is 0 Å². The van der Waals surface area contributed by atoms with Crippen molar-refractivity contribution in [2.24, 2.45) is 10.7 Å². The summed E-state index contributed by atoms with van der Waals surface area (Å²) in [5.74, 6) is 0.641. The number of hydrogen-bond donors (Lipinski definition) is 1. The molecule has 0 bridgehead atoms. The summed E-state index contributed by atoms with van der Waals surface area (Å²) in [7, 11) is 3.39. The first-order valence-electron chi connectivity index (χ1n) is 5.59. The first kappa shape index (κ1) is 12.5. The van der Waals surface area contributed by atoms with Gasteiger partial charge in [0.25, 0.3) is 0 Å². The normalized spacial score (nSPS) is 21.6. The van der Waals surface area contributed by atoms with E-state index in [1.54, 1.807) is 14.2 Å². The van der Waals surface area contributed by atoms with Gasteiger partial charge in [-0.2, -0.15) is 0 Å². The first-order chi connectivity index (χ1) is 7.25. The van der Waals surface area contributed by atoms with Crippen molar-refractivity contribution in [1.29, 1.82) is 0 Å². The third-order valence-corrected chi connectivity index (χ3v) is 3.10. The molecule has 0 heterocycles. The Balaban J connectivity index is 2.58. The highest BCUT2D eigenvalue weighted by atomic mass is 16.5. The quantitative estimate of drug-likeness (QED) is 0.427. The Morgan fingerprint density at radius 3 is 2.47 bits per heavy atom. The molecule has 1 saturated carbocycles. The first-order valence-corrected chi connectivity index (χ1v) is 5.59. The molecule has 0 aromatic heterocycles. The van der Waals surface area contributed by atoms with E-state index in [0.29, 0.717) is 19.0 Å². The zero-order chi connectivity index (χ0) is 11.1. The van der Waals surface area contributed by atoms with E-state index in [-0.39, 0.29) is 5.60 Å². The van der Waals surface area contributed by atoms with Crippen molar-refractivity contribution in [2.75, 3.05) is 27.4 Å². The highest BCUT2D eigenvalue weighted by Gasteiger charge is 2.35. The highest BCUT2D eigenvalue weighted by Crippen LogP contribution is 2.31. The average Bonchev–Trinajstić information content (AvgIpc) is 2.30. The fourth-order valence-electron chi connectivity index (χ4n) is 2.09. The molecule has 0 aliphatic heterocycles. The Morgan fingerprint density at radius 1 is 1.27 bits per heavy atom. The molecule has 4 nitrogen and oxygen atoms in total. The van der Waals surface area contributed by atoms with Gasteiger partial charge in [-0.25, -0.2) is 0 Å². The van der Waals surface area contributed by atoms with Crippen molar-refractivity contribution >= 4 is 5.84 Å². The number of nitrogens with two attached hydrogens (primary N) is 1. The molecular formula is C11H22N2O2. The second-order valence-corrected chi connectivity index (χ2v) is 4.02. The summed E-state index contributed by atoms with van der Waals surface area (Å²) in [4.78, 5) is 4.32. The second-order valence-electron chi connectivity index (χ2n) is 4.02. The minimum Gasteiger partial charge on any atom is -0.385 e. The molecule has 88 valence electrons. The molecule has 1 fully saturated rings. The zero-order valence-electron chi connectivity index (χ0n) is 9.79. The van der Waals surface area contributed by atoms with Gasteiger partial charge in [-0.3, -0.25) is 4.99 Å². The molecule has 0 saturated heterocycles. The molecule has 0 radical (unpaired) electrons. The Morgan fingerprint density at radius 2 is 1.93 bits per heavy atom. The van der Waals surface area contributed by atoms with Crippen LogP contribution in [0, 0.1) is 0 Å². The molecule has 1 aliphatic carbocycles. The van der Waals surface area contributed by atoms with Crippen LogP contribution in [-0.2, 0) is 9.47 Å². The largest absolute Gasteiger partial charge is 0.385 e. The average molecular weight is 214 g/mol. The number of ether oxygens (including phenoxy) is 2. The maximum Gasteiger partial charge on any atom is 0.126 e. The topological polar surface area (TPSA) is 56.8 Å². The summed E-state index contributed by atoms with van der Waals surface area (Å²) in [5, 5.41) is 0. The molecule has 0 amide bonds. The molecule has 0 atom stereocenters. The second kappa shape index (κ2) is 6.08. The minimum absolute atomic E-state index is 0.300. The fraction of sp³-hybridized carbons (Fsp3) is 0.909. The molecule has 1 rings (SSSR count). The van der Waals surface area contributed by atoms with Crippen LogP contribution in [0.15, 0.2) is 4.99 Å². The molecule has 0 unspecified atom stereocenters. The number of rotatable bonds is 5. The van der Waals surface area contributed by atoms with Crippen molar-refractivity contribution in [1.82, 2.24) is 0 Å². The van der Waals surface area contributed by atoms with Gasteiger partial charge in [-0.1, -0.05) is 19.3 Å². The number of amidine groups is 1. The third-order valence-electron chi connectivity index (χ3n) is 3.10. The molecule has 0 aromatic carbocycles. The van der Waals surface area contributed by atoms with Gasteiger partial charge in [0.15, 0.2) is 0 Å². The van der Waals surface area contributed by atoms with Crippen LogP contribution in [0.5, 0.6) is 0 Å². The molecule has 0 spiro atoms. The Hall–Kier alpha value is -0.610. The molecule has 2 N–H and O–H groups in total. The summed E-state index contributed by atoms with van der Waals surface area (Å²) < 4.78 is 10.5. The smallest absolute Gasteiger partial charge is 0.126 e. The Labute approximate surface area is 91.8 Å². The maximum absolute atomic E-state index is 6.00. The van der Waals surface area contributed by atoms with Crippen LogP contribution in [0.2, 0.25) is 0 Å². The van der Waals surface area contributed by atoms with Crippen LogP contribution in [0.25, 0.3) is 0 Å². The van der Waals surface area contributed by atoms with Crippen LogP contribution >= 0.6 is 0 Å². The lowest BCUT2D eigenvalue weighted by atomic mass is 9.83. The van der Waals surface area contributed by atoms with Gasteiger partial charge in [0.1, 0.15) is 11.4 Å². The van der Waals surface area contributed by atoms with Crippen molar-refractivity contribution in [3.05, 3.63) is 0 Å². The number of methoxy groups -OCH3 is 2. The maximum atomic E-state index is 6.00. The van der Waals surface area contributed by atoms with Gasteiger partial charge in [-0.15, -0.1) is 0 Å². The minimum atomic E-state index is -0.300. The van der Waals surface area contributed by atoms with Crippen LogP contribution in [-0.4, -0.2) is 38.8 Å². The molecule has 15 heavy (non-hydrogen) atoms. The van der Waals surface area contributed by atoms with E-state index in [0.717, 1.165) is 12.8 Å². The summed E-state index contributed by atoms with van der Waals surface area (Å²) in [6, 6.07) is 0. The molecular weight excluding hydrogens is 192 g/mol. The third kappa shape index (κ3) is 3.18. The highest BCUT2D eigenvalue weighted by molar-refractivity contribution is 5.89. The van der Waals surface area contributed by atoms with Crippen molar-refractivity contribution in [2.45, 2.75) is 37.7 Å². The van der Waals surface area contributed by atoms with Crippen molar-refractivity contribution in [3.63, 3.8) is 0 Å². The predicted octanol–water partition coefficient (Wildman–Crippen LogP) is 1.34. The number of aliphatic imine (C=N–C) groups is 1. The van der Waals surface area contributed by atoms with Gasteiger partial charge < -0.3 is 15.2 Å². The summed E-state index contributed by atoms with van der Waals surface area (Å²) in [5.41, 5.74) is 5.70. The van der Waals surface area contributed by atoms with Gasteiger partial charge in [0.2, 0.25) is 0 Å². The van der Waals surface area contributed by atoms with E-state index in [9.17, 15) is 0 Å². The van der Waals surface area contributed by atoms with Gasteiger partial charge in [-0.05, 0) is 12.8 Å². The van der Waals surface area contributed by atoms with Crippen molar-refractivity contribution < 1.29 is 9.47 Å². The van der Waals surface area contributed by atoms with Gasteiger partial charge in [0.05, 0.1) is 13.2 Å². The van der Waals surface area contributed by atoms with E-state index in [1.807, 2.05) is 0 Å². The summed E-state index contributed by atoms with van der Waals surface area (Å²) in [6.07, 6.45) is 5.61. The van der Waals surface area contributed by atoms with E-state index >= 15 is 0 Å². The Bertz CT molecular complexity index is 211. The predicted molar refractivity (Wildman–Crippen MR) is 61.2 cm³/mol. The van der Waals surface area contributed by atoms with E-state index in [1.165, 1.54) is 19.3 Å². The fourth-order valence-corrected chi connectivity index (χ4v) is 2.09. The lowest BCUT2D eigenvalue weighted by Crippen LogP contribution is -2.47. The van der Waals surface area contributed by atoms with E-state index in [4.69, 9.17) is 15.2 Å². The lowest BCUT2D eigenvalue weighted by Gasteiger charge is -2.35. The lowest BCUT2D eigenvalue weighted by molar-refractivity contribution is 0.0179. The van der Waals surface area contributed by atoms with Crippen molar-refractivity contribution in [3.8, 4) is 0 Å². The van der Waals surface area contributed by atoms with Crippen LogP contribution in [0.1, 0.15) is 32.1 Å². The number of nitrogens with zero attached hydrogens (tertiary/aromatic N) is 1. The Kier molecular flexibility index (Phi) is 5.05. The molecule has 1 aliphatic rings. The van der Waals surface area contributed by atoms with Crippen LogP contribution < -0.4 is 5.73 Å². The number of hydrogen-bond acceptors (Lipinski definition) is 3. The van der Waals surface area contributed by atoms with Gasteiger partial charge >= 0.3 is 0 Å². The summed E-state index contributed by atoms with van der Waals surface area (Å²) >= 11 is 0. The summed E-state index contributed by atoms with van der Waals surface area (Å²) in [6.45, 7) is 1.23. The standard InChI is InChI=1S/C11H22N2O2/c1-14-9-8-13-10(12)11(15-2)6-4-3-5-7-11/h3-9H2,1-2H3,(H2,12,13). The van der Waals surface area contributed by atoms with Crippen LogP contribution in [0.3, 0.4) is 0 Å². The molecule has 4 heteroatoms. The van der Waals surface area contributed by atoms with E-state index < -0.39 is 0 Å².